The number of carbonyl (C=O) groups is 1. The van der Waals surface area contributed by atoms with E-state index in [1.807, 2.05) is 13.8 Å². The van der Waals surface area contributed by atoms with Crippen molar-refractivity contribution < 1.29 is 19.7 Å². The van der Waals surface area contributed by atoms with Crippen LogP contribution in [0.5, 0.6) is 5.75 Å². The van der Waals surface area contributed by atoms with Gasteiger partial charge in [0.15, 0.2) is 0 Å². The summed E-state index contributed by atoms with van der Waals surface area (Å²) in [6.07, 6.45) is -1.05. The summed E-state index contributed by atoms with van der Waals surface area (Å²) >= 11 is 10.0. The van der Waals surface area contributed by atoms with Crippen LogP contribution in [0, 0.1) is 5.41 Å². The van der Waals surface area contributed by atoms with Gasteiger partial charge in [-0.1, -0.05) is 45.7 Å². The Kier molecular flexibility index (Phi) is 7.73. The van der Waals surface area contributed by atoms with E-state index in [0.717, 1.165) is 8.95 Å². The molecule has 0 radical (unpaired) electrons. The second-order valence-corrected chi connectivity index (χ2v) is 9.39. The van der Waals surface area contributed by atoms with E-state index in [1.54, 1.807) is 36.4 Å². The Morgan fingerprint density at radius 3 is 2.37 bits per heavy atom. The molecule has 0 fully saturated rings. The summed E-state index contributed by atoms with van der Waals surface area (Å²) in [5, 5.41) is 22.6. The number of aliphatic hydroxyl groups is 1. The third kappa shape index (κ3) is 5.94. The first-order valence-electron chi connectivity index (χ1n) is 8.16. The van der Waals surface area contributed by atoms with Gasteiger partial charge in [0, 0.05) is 32.2 Å². The molecule has 146 valence electrons. The highest BCUT2D eigenvalue weighted by Gasteiger charge is 2.36. The molecule has 5 nitrogen and oxygen atoms in total. The standard InChI is InChI=1S/C19H20Br3NO4/c1-19(2,7-8-24)17(14-9-12(21)10-15(22)16(14)25)27-18(26)23-13-5-3-11(20)4-6-13/h3-6,9-10,17,24-25H,7-8H2,1-2H3,(H,23,26)/t17-/m1/s1. The minimum atomic E-state index is -0.783. The number of benzene rings is 2. The van der Waals surface area contributed by atoms with E-state index >= 15 is 0 Å². The van der Waals surface area contributed by atoms with Gasteiger partial charge in [-0.3, -0.25) is 5.32 Å². The van der Waals surface area contributed by atoms with Crippen molar-refractivity contribution >= 4 is 59.6 Å². The molecule has 27 heavy (non-hydrogen) atoms. The van der Waals surface area contributed by atoms with Crippen LogP contribution in [0.4, 0.5) is 10.5 Å². The van der Waals surface area contributed by atoms with Crippen molar-refractivity contribution in [1.29, 1.82) is 0 Å². The van der Waals surface area contributed by atoms with Gasteiger partial charge in [-0.2, -0.15) is 0 Å². The Morgan fingerprint density at radius 2 is 1.78 bits per heavy atom. The van der Waals surface area contributed by atoms with Gasteiger partial charge >= 0.3 is 6.09 Å². The maximum atomic E-state index is 12.5. The van der Waals surface area contributed by atoms with Gasteiger partial charge < -0.3 is 14.9 Å². The van der Waals surface area contributed by atoms with Crippen LogP contribution >= 0.6 is 47.8 Å². The Balaban J connectivity index is 2.33. The number of hydrogen-bond donors (Lipinski definition) is 3. The molecule has 0 saturated heterocycles. The summed E-state index contributed by atoms with van der Waals surface area (Å²) in [7, 11) is 0. The van der Waals surface area contributed by atoms with Crippen LogP contribution in [0.2, 0.25) is 0 Å². The average molecular weight is 566 g/mol. The fourth-order valence-corrected chi connectivity index (χ4v) is 4.16. The van der Waals surface area contributed by atoms with Crippen molar-refractivity contribution in [1.82, 2.24) is 0 Å². The summed E-state index contributed by atoms with van der Waals surface area (Å²) in [6, 6.07) is 10.5. The zero-order valence-electron chi connectivity index (χ0n) is 14.8. The van der Waals surface area contributed by atoms with Gasteiger partial charge in [0.1, 0.15) is 11.9 Å². The van der Waals surface area contributed by atoms with Crippen molar-refractivity contribution in [3.63, 3.8) is 0 Å². The molecule has 1 atom stereocenters. The lowest BCUT2D eigenvalue weighted by molar-refractivity contribution is 0.0138. The highest BCUT2D eigenvalue weighted by Crippen LogP contribution is 2.45. The molecule has 0 spiro atoms. The molecule has 8 heteroatoms. The third-order valence-electron chi connectivity index (χ3n) is 4.12. The van der Waals surface area contributed by atoms with Crippen LogP contribution in [-0.2, 0) is 4.74 Å². The molecule has 2 aromatic carbocycles. The van der Waals surface area contributed by atoms with Crippen molar-refractivity contribution in [3.05, 3.63) is 55.4 Å². The van der Waals surface area contributed by atoms with E-state index in [0.29, 0.717) is 22.1 Å². The van der Waals surface area contributed by atoms with Gasteiger partial charge in [-0.05, 0) is 58.7 Å². The molecule has 0 aliphatic heterocycles. The molecule has 0 aliphatic carbocycles. The van der Waals surface area contributed by atoms with Crippen molar-refractivity contribution in [3.8, 4) is 5.75 Å². The van der Waals surface area contributed by atoms with Crippen molar-refractivity contribution in [2.75, 3.05) is 11.9 Å². The zero-order chi connectivity index (χ0) is 20.2. The second kappa shape index (κ2) is 9.41. The lowest BCUT2D eigenvalue weighted by Gasteiger charge is -2.34. The molecular formula is C19H20Br3NO4. The van der Waals surface area contributed by atoms with E-state index in [9.17, 15) is 15.0 Å². The highest BCUT2D eigenvalue weighted by molar-refractivity contribution is 9.11. The van der Waals surface area contributed by atoms with Crippen LogP contribution < -0.4 is 5.32 Å². The number of amides is 1. The van der Waals surface area contributed by atoms with Gasteiger partial charge in [0.2, 0.25) is 0 Å². The van der Waals surface area contributed by atoms with Crippen LogP contribution in [-0.4, -0.2) is 22.9 Å². The van der Waals surface area contributed by atoms with Crippen molar-refractivity contribution in [2.45, 2.75) is 26.4 Å². The Bertz CT molecular complexity index is 809. The topological polar surface area (TPSA) is 78.8 Å². The number of rotatable bonds is 6. The number of nitrogens with one attached hydrogen (secondary N) is 1. The SMILES string of the molecule is CC(C)(CCO)[C@H](OC(=O)Nc1ccc(Br)cc1)c1cc(Br)cc(Br)c1O. The number of hydrogen-bond acceptors (Lipinski definition) is 4. The summed E-state index contributed by atoms with van der Waals surface area (Å²) in [5.74, 6) is -0.00865. The molecule has 2 aromatic rings. The summed E-state index contributed by atoms with van der Waals surface area (Å²) in [6.45, 7) is 3.67. The second-order valence-electron chi connectivity index (χ2n) is 6.70. The molecule has 1 amide bonds. The fraction of sp³-hybridized carbons (Fsp3) is 0.316. The number of halogens is 3. The average Bonchev–Trinajstić information content (AvgIpc) is 2.58. The fourth-order valence-electron chi connectivity index (χ4n) is 2.64. The Labute approximate surface area is 183 Å². The monoisotopic (exact) mass is 563 g/mol. The number of aliphatic hydroxyl groups excluding tert-OH is 1. The minimum Gasteiger partial charge on any atom is -0.506 e. The number of phenols is 1. The maximum absolute atomic E-state index is 12.5. The molecular weight excluding hydrogens is 546 g/mol. The van der Waals surface area contributed by atoms with E-state index in [1.165, 1.54) is 0 Å². The molecule has 0 saturated carbocycles. The number of anilines is 1. The normalized spacial score (nSPS) is 12.5. The number of phenolic OH excluding ortho intramolecular Hbond substituents is 1. The first kappa shape index (κ1) is 22.2. The van der Waals surface area contributed by atoms with Gasteiger partial charge in [-0.15, -0.1) is 0 Å². The third-order valence-corrected chi connectivity index (χ3v) is 5.71. The summed E-state index contributed by atoms with van der Waals surface area (Å²) in [4.78, 5) is 12.5. The van der Waals surface area contributed by atoms with Crippen LogP contribution in [0.25, 0.3) is 0 Å². The molecule has 0 aliphatic rings. The van der Waals surface area contributed by atoms with Crippen LogP contribution in [0.1, 0.15) is 31.9 Å². The predicted molar refractivity (Wildman–Crippen MR) is 116 cm³/mol. The first-order valence-corrected chi connectivity index (χ1v) is 10.5. The van der Waals surface area contributed by atoms with Crippen LogP contribution in [0.15, 0.2) is 49.8 Å². The summed E-state index contributed by atoms with van der Waals surface area (Å²) in [5.41, 5.74) is 0.408. The van der Waals surface area contributed by atoms with E-state index in [2.05, 4.69) is 53.1 Å². The Hall–Kier alpha value is -1.09. The van der Waals surface area contributed by atoms with Crippen molar-refractivity contribution in [2.24, 2.45) is 5.41 Å². The maximum Gasteiger partial charge on any atom is 0.412 e. The molecule has 0 unspecified atom stereocenters. The largest absolute Gasteiger partial charge is 0.506 e. The van der Waals surface area contributed by atoms with E-state index < -0.39 is 17.6 Å². The highest BCUT2D eigenvalue weighted by atomic mass is 79.9. The smallest absolute Gasteiger partial charge is 0.412 e. The predicted octanol–water partition coefficient (Wildman–Crippen LogP) is 6.38. The summed E-state index contributed by atoms with van der Waals surface area (Å²) < 4.78 is 7.81. The number of carbonyl (C=O) groups excluding carboxylic acids is 1. The molecule has 0 heterocycles. The van der Waals surface area contributed by atoms with Gasteiger partial charge in [-0.25, -0.2) is 4.79 Å². The van der Waals surface area contributed by atoms with Gasteiger partial charge in [0.25, 0.3) is 0 Å². The lowest BCUT2D eigenvalue weighted by Crippen LogP contribution is -2.30. The first-order chi connectivity index (χ1) is 12.6. The van der Waals surface area contributed by atoms with Gasteiger partial charge in [0.05, 0.1) is 4.47 Å². The van der Waals surface area contributed by atoms with E-state index in [4.69, 9.17) is 4.74 Å². The minimum absolute atomic E-state index is 0.00865. The van der Waals surface area contributed by atoms with E-state index in [-0.39, 0.29) is 12.4 Å². The van der Waals surface area contributed by atoms with Crippen LogP contribution in [0.3, 0.4) is 0 Å². The molecule has 0 bridgehead atoms. The molecule has 3 N–H and O–H groups in total. The Morgan fingerprint density at radius 1 is 1.15 bits per heavy atom. The zero-order valence-corrected chi connectivity index (χ0v) is 19.6. The number of ether oxygens (including phenoxy) is 1. The molecule has 2 rings (SSSR count). The lowest BCUT2D eigenvalue weighted by atomic mass is 9.79. The quantitative estimate of drug-likeness (QED) is 0.380. The molecule has 0 aromatic heterocycles. The number of aromatic hydroxyl groups is 1.